The highest BCUT2D eigenvalue weighted by Gasteiger charge is 2.30. The van der Waals surface area contributed by atoms with Gasteiger partial charge in [0.25, 0.3) is 5.69 Å². The van der Waals surface area contributed by atoms with Crippen LogP contribution >= 0.6 is 11.6 Å². The van der Waals surface area contributed by atoms with Crippen LogP contribution in [-0.4, -0.2) is 31.5 Å². The summed E-state index contributed by atoms with van der Waals surface area (Å²) in [5, 5.41) is 13.3. The number of halogens is 2. The van der Waals surface area contributed by atoms with Crippen LogP contribution in [0, 0.1) is 15.9 Å². The number of hydrogen-bond acceptors (Lipinski definition) is 5. The summed E-state index contributed by atoms with van der Waals surface area (Å²) in [6.07, 6.45) is 0.877. The Morgan fingerprint density at radius 3 is 2.52 bits per heavy atom. The zero-order valence-corrected chi connectivity index (χ0v) is 15.8. The van der Waals surface area contributed by atoms with Crippen LogP contribution in [0.5, 0.6) is 0 Å². The quantitative estimate of drug-likeness (QED) is 0.575. The van der Waals surface area contributed by atoms with Crippen LogP contribution in [0.15, 0.2) is 42.5 Å². The van der Waals surface area contributed by atoms with Crippen molar-refractivity contribution in [3.8, 4) is 0 Å². The van der Waals surface area contributed by atoms with Gasteiger partial charge >= 0.3 is 0 Å². The Morgan fingerprint density at radius 2 is 1.96 bits per heavy atom. The number of nitrogens with one attached hydrogen (secondary N) is 1. The lowest BCUT2D eigenvalue weighted by atomic mass is 10.2. The molecule has 0 bridgehead atoms. The van der Waals surface area contributed by atoms with E-state index < -0.39 is 32.7 Å². The first kappa shape index (κ1) is 20.6. The number of nitro groups is 1. The third-order valence-corrected chi connectivity index (χ3v) is 5.14. The number of benzene rings is 2. The number of carbonyl (C=O) groups excluding carboxylic acids is 1. The number of sulfonamides is 1. The Kier molecular flexibility index (Phi) is 6.01. The highest BCUT2D eigenvalue weighted by Crippen LogP contribution is 2.28. The number of non-ortho nitro benzene ring substituents is 1. The molecule has 144 valence electrons. The van der Waals surface area contributed by atoms with Crippen molar-refractivity contribution in [3.05, 3.63) is 63.4 Å². The Bertz CT molecular complexity index is 999. The lowest BCUT2D eigenvalue weighted by Gasteiger charge is -2.28. The molecular weight excluding hydrogens is 401 g/mol. The normalized spacial score (nSPS) is 12.3. The largest absolute Gasteiger partial charge is 0.323 e. The van der Waals surface area contributed by atoms with E-state index in [9.17, 15) is 27.7 Å². The smallest absolute Gasteiger partial charge is 0.271 e. The summed E-state index contributed by atoms with van der Waals surface area (Å²) in [5.41, 5.74) is -0.381. The van der Waals surface area contributed by atoms with E-state index in [4.69, 9.17) is 11.6 Å². The summed E-state index contributed by atoms with van der Waals surface area (Å²) in [7, 11) is -3.94. The molecule has 0 saturated heterocycles. The number of nitrogens with zero attached hydrogens (tertiary/aromatic N) is 2. The van der Waals surface area contributed by atoms with E-state index in [1.807, 2.05) is 0 Å². The molecule has 2 aromatic carbocycles. The van der Waals surface area contributed by atoms with Crippen LogP contribution in [-0.2, 0) is 14.8 Å². The van der Waals surface area contributed by atoms with Crippen LogP contribution in [0.2, 0.25) is 5.02 Å². The van der Waals surface area contributed by atoms with E-state index in [2.05, 4.69) is 5.32 Å². The summed E-state index contributed by atoms with van der Waals surface area (Å²) in [4.78, 5) is 22.8. The summed E-state index contributed by atoms with van der Waals surface area (Å²) in [6, 6.07) is 6.94. The van der Waals surface area contributed by atoms with Crippen molar-refractivity contribution in [2.75, 3.05) is 15.9 Å². The molecule has 1 atom stereocenters. The number of hydrogen-bond donors (Lipinski definition) is 1. The minimum Gasteiger partial charge on any atom is -0.323 e. The molecule has 0 aliphatic rings. The molecule has 0 radical (unpaired) electrons. The first-order valence-electron chi connectivity index (χ1n) is 7.50. The molecule has 1 amide bonds. The summed E-state index contributed by atoms with van der Waals surface area (Å²) >= 11 is 5.94. The van der Waals surface area contributed by atoms with Gasteiger partial charge in [-0.25, -0.2) is 12.8 Å². The minimum atomic E-state index is -3.94. The van der Waals surface area contributed by atoms with Gasteiger partial charge in [-0.15, -0.1) is 0 Å². The third-order valence-electron chi connectivity index (χ3n) is 3.57. The molecule has 11 heteroatoms. The van der Waals surface area contributed by atoms with Crippen LogP contribution < -0.4 is 9.62 Å². The average Bonchev–Trinajstić information content (AvgIpc) is 2.55. The van der Waals surface area contributed by atoms with Gasteiger partial charge in [0.05, 0.1) is 27.6 Å². The van der Waals surface area contributed by atoms with Gasteiger partial charge in [0.2, 0.25) is 15.9 Å². The Balaban J connectivity index is 2.36. The van der Waals surface area contributed by atoms with Gasteiger partial charge in [0.1, 0.15) is 11.9 Å². The number of nitro benzene ring substituents is 1. The monoisotopic (exact) mass is 415 g/mol. The van der Waals surface area contributed by atoms with E-state index in [0.717, 1.165) is 34.8 Å². The maximum atomic E-state index is 13.5. The summed E-state index contributed by atoms with van der Waals surface area (Å²) in [6.45, 7) is 1.30. The van der Waals surface area contributed by atoms with Gasteiger partial charge in [-0.2, -0.15) is 0 Å². The fraction of sp³-hybridized carbons (Fsp3) is 0.188. The van der Waals surface area contributed by atoms with Gasteiger partial charge in [-0.3, -0.25) is 19.2 Å². The second kappa shape index (κ2) is 7.89. The van der Waals surface area contributed by atoms with Crippen LogP contribution in [0.1, 0.15) is 6.92 Å². The van der Waals surface area contributed by atoms with Crippen molar-refractivity contribution in [2.45, 2.75) is 13.0 Å². The molecule has 27 heavy (non-hydrogen) atoms. The molecule has 8 nitrogen and oxygen atoms in total. The van der Waals surface area contributed by atoms with Crippen molar-refractivity contribution < 1.29 is 22.5 Å². The van der Waals surface area contributed by atoms with E-state index in [0.29, 0.717) is 0 Å². The molecular formula is C16H15ClFN3O5S. The second-order valence-corrected chi connectivity index (χ2v) is 7.89. The number of amides is 1. The maximum Gasteiger partial charge on any atom is 0.271 e. The predicted molar refractivity (Wildman–Crippen MR) is 99.9 cm³/mol. The molecule has 2 rings (SSSR count). The molecule has 0 saturated carbocycles. The summed E-state index contributed by atoms with van der Waals surface area (Å²) < 4.78 is 38.6. The second-order valence-electron chi connectivity index (χ2n) is 5.63. The first-order valence-corrected chi connectivity index (χ1v) is 9.73. The Hall–Kier alpha value is -2.72. The number of rotatable bonds is 6. The number of carbonyl (C=O) groups is 1. The summed E-state index contributed by atoms with van der Waals surface area (Å²) in [5.74, 6) is -1.47. The zero-order chi connectivity index (χ0) is 20.4. The van der Waals surface area contributed by atoms with Crippen molar-refractivity contribution in [2.24, 2.45) is 0 Å². The van der Waals surface area contributed by atoms with Crippen molar-refractivity contribution in [1.29, 1.82) is 0 Å². The molecule has 0 spiro atoms. The predicted octanol–water partition coefficient (Wildman–Crippen LogP) is 3.18. The lowest BCUT2D eigenvalue weighted by molar-refractivity contribution is -0.384. The van der Waals surface area contributed by atoms with E-state index in [1.165, 1.54) is 25.1 Å². The van der Waals surface area contributed by atoms with Gasteiger partial charge in [-0.1, -0.05) is 17.7 Å². The molecule has 0 fully saturated rings. The van der Waals surface area contributed by atoms with Gasteiger partial charge in [0, 0.05) is 12.1 Å². The van der Waals surface area contributed by atoms with Crippen molar-refractivity contribution in [1.82, 2.24) is 0 Å². The minimum absolute atomic E-state index is 0.0368. The van der Waals surface area contributed by atoms with Crippen LogP contribution in [0.3, 0.4) is 0 Å². The maximum absolute atomic E-state index is 13.5. The van der Waals surface area contributed by atoms with Crippen molar-refractivity contribution >= 4 is 44.6 Å². The lowest BCUT2D eigenvalue weighted by Crippen LogP contribution is -2.45. The van der Waals surface area contributed by atoms with Gasteiger partial charge in [0.15, 0.2) is 0 Å². The van der Waals surface area contributed by atoms with E-state index in [-0.39, 0.29) is 22.1 Å². The first-order chi connectivity index (χ1) is 12.5. The zero-order valence-electron chi connectivity index (χ0n) is 14.2. The molecule has 1 N–H and O–H groups in total. The fourth-order valence-electron chi connectivity index (χ4n) is 2.38. The SMILES string of the molecule is C[C@H](C(=O)Nc1cc([N+](=O)[O-])ccc1Cl)N(c1cccc(F)c1)S(C)(=O)=O. The Morgan fingerprint density at radius 1 is 1.30 bits per heavy atom. The highest BCUT2D eigenvalue weighted by atomic mass is 35.5. The number of anilines is 2. The molecule has 0 aromatic heterocycles. The molecule has 0 aliphatic carbocycles. The third kappa shape index (κ3) is 4.92. The van der Waals surface area contributed by atoms with E-state index in [1.54, 1.807) is 0 Å². The fourth-order valence-corrected chi connectivity index (χ4v) is 3.71. The van der Waals surface area contributed by atoms with E-state index >= 15 is 0 Å². The van der Waals surface area contributed by atoms with Crippen LogP contribution in [0.4, 0.5) is 21.5 Å². The standard InChI is InChI=1S/C16H15ClFN3O5S/c1-10(20(27(2,25)26)12-5-3-4-11(18)8-12)16(22)19-15-9-13(21(23)24)6-7-14(15)17/h3-10H,1-2H3,(H,19,22)/t10-/m1/s1. The average molecular weight is 416 g/mol. The van der Waals surface area contributed by atoms with Crippen molar-refractivity contribution in [3.63, 3.8) is 0 Å². The molecule has 0 unspecified atom stereocenters. The van der Waals surface area contributed by atoms with Gasteiger partial charge < -0.3 is 5.32 Å². The van der Waals surface area contributed by atoms with Crippen LogP contribution in [0.25, 0.3) is 0 Å². The van der Waals surface area contributed by atoms with Gasteiger partial charge in [-0.05, 0) is 31.2 Å². The molecule has 0 aliphatic heterocycles. The molecule has 2 aromatic rings. The topological polar surface area (TPSA) is 110 Å². The molecule has 0 heterocycles. The highest BCUT2D eigenvalue weighted by molar-refractivity contribution is 7.92. The Labute approximate surface area is 159 Å².